The molecule has 265 valence electrons. The molecule has 0 aromatic heterocycles. The smallest absolute Gasteiger partial charge is 0.668 e. The van der Waals surface area contributed by atoms with Crippen LogP contribution in [0.2, 0.25) is 0 Å². The first-order valence-corrected chi connectivity index (χ1v) is 13.9. The van der Waals surface area contributed by atoms with Crippen molar-refractivity contribution in [3.63, 3.8) is 0 Å². The standard InChI is InChI=1S/C9H20N3.C7H14N2.7C2H6N.2Ti/c1-7(2)10-9(12(5)6)11-8(3)4;1-6(2)8-5-9-7(3)4;7*1-3-2;;/h7-8H,1-6H3;6-7H,1-4H3;7*1-2H3;;/q-1;;7*-1;+3;+4. The van der Waals surface area contributed by atoms with E-state index in [2.05, 4.69) is 91.2 Å². The molecule has 0 saturated heterocycles. The van der Waals surface area contributed by atoms with E-state index in [0.29, 0.717) is 24.2 Å². The summed E-state index contributed by atoms with van der Waals surface area (Å²) in [5.41, 5.74) is 0. The number of rotatable bonds is 4. The predicted molar refractivity (Wildman–Crippen MR) is 201 cm³/mol. The van der Waals surface area contributed by atoms with Crippen LogP contribution < -0.4 is 0 Å². The van der Waals surface area contributed by atoms with Gasteiger partial charge in [-0.25, -0.2) is 9.98 Å². The average Bonchev–Trinajstić information content (AvgIpc) is 2.82. The van der Waals surface area contributed by atoms with E-state index in [1.807, 2.05) is 46.7 Å². The van der Waals surface area contributed by atoms with E-state index in [1.54, 1.807) is 98.7 Å². The van der Waals surface area contributed by atoms with Gasteiger partial charge in [-0.05, 0) is 53.9 Å². The van der Waals surface area contributed by atoms with Gasteiger partial charge in [-0.1, -0.05) is 27.7 Å². The van der Waals surface area contributed by atoms with Crippen LogP contribution in [0, 0.1) is 0 Å². The molecule has 0 unspecified atom stereocenters. The summed E-state index contributed by atoms with van der Waals surface area (Å²) in [5, 5.41) is 28.9. The van der Waals surface area contributed by atoms with Crippen molar-refractivity contribution < 1.29 is 43.4 Å². The molecule has 0 aliphatic rings. The molecule has 0 spiro atoms. The average molecular weight is 701 g/mol. The summed E-state index contributed by atoms with van der Waals surface area (Å²) in [7, 11) is 28.4. The van der Waals surface area contributed by atoms with Crippen LogP contribution in [0.1, 0.15) is 55.4 Å². The number of nitrogens with zero attached hydrogens (tertiary/aromatic N) is 12. The molecule has 0 fully saturated rings. The van der Waals surface area contributed by atoms with Gasteiger partial charge in [-0.15, -0.1) is 0 Å². The van der Waals surface area contributed by atoms with Crippen LogP contribution in [0.5, 0.6) is 0 Å². The van der Waals surface area contributed by atoms with Gasteiger partial charge >= 0.3 is 43.4 Å². The van der Waals surface area contributed by atoms with Gasteiger partial charge < -0.3 is 52.4 Å². The van der Waals surface area contributed by atoms with Gasteiger partial charge in [0.1, 0.15) is 0 Å². The third kappa shape index (κ3) is 220. The van der Waals surface area contributed by atoms with Crippen molar-refractivity contribution in [2.45, 2.75) is 79.6 Å². The summed E-state index contributed by atoms with van der Waals surface area (Å²) in [6.07, 6.45) is 0. The van der Waals surface area contributed by atoms with Crippen molar-refractivity contribution in [3.05, 3.63) is 42.5 Å². The normalized spacial score (nSPS) is 8.23. The van der Waals surface area contributed by atoms with Crippen LogP contribution in [0.3, 0.4) is 0 Å². The van der Waals surface area contributed by atoms with Crippen molar-refractivity contribution in [1.29, 1.82) is 0 Å². The Labute approximate surface area is 308 Å². The van der Waals surface area contributed by atoms with E-state index in [4.69, 9.17) is 0 Å². The molecule has 0 heterocycles. The zero-order valence-electron chi connectivity index (χ0n) is 33.7. The quantitative estimate of drug-likeness (QED) is 0.161. The largest absolute Gasteiger partial charge is 4.00 e. The van der Waals surface area contributed by atoms with Crippen molar-refractivity contribution in [2.24, 2.45) is 15.0 Å². The molecular weight excluding hydrogens is 624 g/mol. The second-order valence-electron chi connectivity index (χ2n) is 9.32. The molecule has 44 heavy (non-hydrogen) atoms. The minimum atomic E-state index is 0. The van der Waals surface area contributed by atoms with Crippen LogP contribution in [-0.2, 0) is 43.4 Å². The fraction of sp³-hybridized carbons (Fsp3) is 0.933. The molecule has 0 aromatic carbocycles. The predicted octanol–water partition coefficient (Wildman–Crippen LogP) is 8.40. The molecule has 0 saturated carbocycles. The molecule has 12 nitrogen and oxygen atoms in total. The Morgan fingerprint density at radius 3 is 0.795 bits per heavy atom. The Bertz CT molecular complexity index is 428. The van der Waals surface area contributed by atoms with Crippen molar-refractivity contribution in [2.75, 3.05) is 113 Å². The second kappa shape index (κ2) is 84.2. The van der Waals surface area contributed by atoms with Crippen molar-refractivity contribution in [1.82, 2.24) is 4.90 Å². The Morgan fingerprint density at radius 2 is 0.682 bits per heavy atom. The van der Waals surface area contributed by atoms with Crippen LogP contribution in [0.4, 0.5) is 0 Å². The van der Waals surface area contributed by atoms with Crippen LogP contribution in [-0.4, -0.2) is 154 Å². The van der Waals surface area contributed by atoms with Crippen LogP contribution >= 0.6 is 0 Å². The molecule has 0 atom stereocenters. The maximum Gasteiger partial charge on any atom is 4.00 e. The molecule has 1 radical (unpaired) electrons. The topological polar surface area (TPSA) is 153 Å². The molecule has 0 rings (SSSR count). The summed E-state index contributed by atoms with van der Waals surface area (Å²) in [6.45, 7) is 16.2. The van der Waals surface area contributed by atoms with E-state index in [9.17, 15) is 0 Å². The van der Waals surface area contributed by atoms with Crippen LogP contribution in [0.25, 0.3) is 42.5 Å². The number of hydrogen-bond donors (Lipinski definition) is 0. The molecule has 14 heteroatoms. The Kier molecular flexibility index (Phi) is 143. The first-order chi connectivity index (χ1) is 19.5. The summed E-state index contributed by atoms with van der Waals surface area (Å²) in [5.74, 6) is 0.833. The SMILES string of the molecule is CC(C)N=C([N-]C(C)C)N(C)C.CC(C)N=C=NC(C)C.C[N-]C.C[N-]C.C[N-]C.C[N-]C.C[N-]C.C[N-]C.C[N-]C.[Ti+3].[Ti+4]. The first-order valence-electron chi connectivity index (χ1n) is 13.9. The summed E-state index contributed by atoms with van der Waals surface area (Å²) < 4.78 is 0. The maximum atomic E-state index is 4.39. The van der Waals surface area contributed by atoms with Gasteiger partial charge in [0.25, 0.3) is 0 Å². The molecule has 0 aromatic rings. The minimum Gasteiger partial charge on any atom is -0.668 e. The van der Waals surface area contributed by atoms with Gasteiger partial charge in [-0.3, -0.25) is 0 Å². The third-order valence-corrected chi connectivity index (χ3v) is 1.78. The zero-order chi connectivity index (χ0) is 35.9. The Balaban J connectivity index is -0.0000000335. The van der Waals surface area contributed by atoms with E-state index < -0.39 is 0 Å². The number of aliphatic imine (C=N–C) groups is 3. The van der Waals surface area contributed by atoms with E-state index in [1.165, 1.54) is 0 Å². The zero-order valence-corrected chi connectivity index (χ0v) is 36.8. The molecule has 0 aliphatic carbocycles. The van der Waals surface area contributed by atoms with Crippen molar-refractivity contribution >= 4 is 12.0 Å². The summed E-state index contributed by atoms with van der Waals surface area (Å²) >= 11 is 0. The molecule has 0 amide bonds. The third-order valence-electron chi connectivity index (χ3n) is 1.78. The van der Waals surface area contributed by atoms with E-state index in [-0.39, 0.29) is 43.4 Å². The van der Waals surface area contributed by atoms with Gasteiger partial charge in [0.2, 0.25) is 0 Å². The number of hydrogen-bond acceptors (Lipinski definition) is 3. The minimum absolute atomic E-state index is 0. The van der Waals surface area contributed by atoms with E-state index in [0.717, 1.165) is 5.96 Å². The second-order valence-corrected chi connectivity index (χ2v) is 9.32. The molecule has 0 bridgehead atoms. The number of guanidine groups is 1. The molecule has 0 aliphatic heterocycles. The molecule has 0 N–H and O–H groups in total. The fourth-order valence-electron chi connectivity index (χ4n) is 0.990. The Morgan fingerprint density at radius 1 is 0.477 bits per heavy atom. The van der Waals surface area contributed by atoms with Crippen molar-refractivity contribution in [3.8, 4) is 0 Å². The Hall–Kier alpha value is -0.201. The monoisotopic (exact) mass is 701 g/mol. The van der Waals surface area contributed by atoms with Crippen LogP contribution in [0.15, 0.2) is 15.0 Å². The van der Waals surface area contributed by atoms with Gasteiger partial charge in [-0.2, -0.15) is 98.7 Å². The van der Waals surface area contributed by atoms with E-state index >= 15 is 0 Å². The molecular formula is C30H76N12Ti2-. The first kappa shape index (κ1) is 74.6. The van der Waals surface area contributed by atoms with Gasteiger partial charge in [0, 0.05) is 5.96 Å². The summed E-state index contributed by atoms with van der Waals surface area (Å²) in [6, 6.07) is 3.88. The summed E-state index contributed by atoms with van der Waals surface area (Å²) in [4.78, 5) is 14.2. The van der Waals surface area contributed by atoms with Gasteiger partial charge in [0.15, 0.2) is 0 Å². The maximum absolute atomic E-state index is 4.39. The van der Waals surface area contributed by atoms with Gasteiger partial charge in [0.05, 0.1) is 18.1 Å². The fourth-order valence-corrected chi connectivity index (χ4v) is 0.990.